The van der Waals surface area contributed by atoms with Gasteiger partial charge in [0.25, 0.3) is 6.10 Å². The molecule has 0 spiro atoms. The van der Waals surface area contributed by atoms with Crippen molar-refractivity contribution in [3.05, 3.63) is 113 Å². The Hall–Kier alpha value is -4.47. The highest BCUT2D eigenvalue weighted by Gasteiger charge is 2.32. The van der Waals surface area contributed by atoms with Gasteiger partial charge in [-0.05, 0) is 73.9 Å². The van der Waals surface area contributed by atoms with Crippen molar-refractivity contribution in [2.24, 2.45) is 0 Å². The van der Waals surface area contributed by atoms with Gasteiger partial charge in [0.15, 0.2) is 0 Å². The molecule has 1 N–H and O–H groups in total. The normalized spacial score (nSPS) is 10.7. The highest BCUT2D eigenvalue weighted by atomic mass is 35.5. The molecule has 0 radical (unpaired) electrons. The van der Waals surface area contributed by atoms with E-state index in [1.165, 1.54) is 6.07 Å². The summed E-state index contributed by atoms with van der Waals surface area (Å²) in [6.07, 6.45) is -0.953. The molecule has 0 aromatic heterocycles. The Morgan fingerprint density at radius 3 is 2.18 bits per heavy atom. The molecule has 0 aliphatic heterocycles. The van der Waals surface area contributed by atoms with Crippen LogP contribution < -0.4 is 14.8 Å². The molecular weight excluding hydrogens is 614 g/mol. The Morgan fingerprint density at radius 1 is 0.778 bits per heavy atom. The van der Waals surface area contributed by atoms with Gasteiger partial charge in [0.1, 0.15) is 18.1 Å². The SMILES string of the molecule is CCOC(=O)C(Oc1cccc(NC(=O)CCc2ccc(Sc3cccc(OCc4ccccc4)c3)cc2Cl)c1)C(=O)OCC. The first kappa shape index (κ1) is 33.4. The summed E-state index contributed by atoms with van der Waals surface area (Å²) in [6, 6.07) is 30.1. The molecule has 0 unspecified atom stereocenters. The molecule has 4 aromatic carbocycles. The molecule has 8 nitrogen and oxygen atoms in total. The highest BCUT2D eigenvalue weighted by Crippen LogP contribution is 2.33. The Bertz CT molecular complexity index is 1580. The first-order chi connectivity index (χ1) is 21.8. The minimum Gasteiger partial charge on any atom is -0.489 e. The second-order valence-corrected chi connectivity index (χ2v) is 11.2. The summed E-state index contributed by atoms with van der Waals surface area (Å²) in [6.45, 7) is 3.91. The molecule has 0 aliphatic carbocycles. The van der Waals surface area contributed by atoms with Gasteiger partial charge in [0.2, 0.25) is 5.91 Å². The number of amides is 1. The second-order valence-electron chi connectivity index (χ2n) is 9.68. The molecule has 0 aliphatic rings. The Kier molecular flexibility index (Phi) is 12.7. The molecule has 0 heterocycles. The number of halogens is 1. The molecule has 234 valence electrons. The van der Waals surface area contributed by atoms with E-state index in [1.54, 1.807) is 43.8 Å². The third-order valence-corrected chi connectivity index (χ3v) is 7.64. The Balaban J connectivity index is 1.30. The fourth-order valence-corrected chi connectivity index (χ4v) is 5.43. The molecular formula is C35H34ClNO7S. The first-order valence-electron chi connectivity index (χ1n) is 14.5. The average molecular weight is 648 g/mol. The Labute approximate surface area is 272 Å². The van der Waals surface area contributed by atoms with E-state index < -0.39 is 18.0 Å². The zero-order valence-corrected chi connectivity index (χ0v) is 26.6. The molecule has 4 rings (SSSR count). The van der Waals surface area contributed by atoms with Crippen LogP contribution in [0.4, 0.5) is 5.69 Å². The molecule has 0 bridgehead atoms. The lowest BCUT2D eigenvalue weighted by Crippen LogP contribution is -2.38. The summed E-state index contributed by atoms with van der Waals surface area (Å²) >= 11 is 8.16. The van der Waals surface area contributed by atoms with Crippen LogP contribution >= 0.6 is 23.4 Å². The monoisotopic (exact) mass is 647 g/mol. The van der Waals surface area contributed by atoms with E-state index in [0.29, 0.717) is 23.7 Å². The van der Waals surface area contributed by atoms with Gasteiger partial charge in [-0.15, -0.1) is 0 Å². The summed E-state index contributed by atoms with van der Waals surface area (Å²) in [4.78, 5) is 39.2. The van der Waals surface area contributed by atoms with Gasteiger partial charge in [-0.25, -0.2) is 9.59 Å². The zero-order valence-electron chi connectivity index (χ0n) is 25.0. The molecule has 4 aromatic rings. The van der Waals surface area contributed by atoms with Gasteiger partial charge in [0.05, 0.1) is 13.2 Å². The predicted octanol–water partition coefficient (Wildman–Crippen LogP) is 7.52. The van der Waals surface area contributed by atoms with Crippen molar-refractivity contribution in [3.8, 4) is 11.5 Å². The van der Waals surface area contributed by atoms with Crippen LogP contribution in [-0.2, 0) is 36.9 Å². The van der Waals surface area contributed by atoms with Gasteiger partial charge in [-0.2, -0.15) is 0 Å². The van der Waals surface area contributed by atoms with E-state index in [-0.39, 0.29) is 31.3 Å². The third kappa shape index (κ3) is 10.6. The fraction of sp³-hybridized carbons (Fsp3) is 0.229. The van der Waals surface area contributed by atoms with Crippen molar-refractivity contribution in [1.82, 2.24) is 0 Å². The molecule has 0 saturated heterocycles. The van der Waals surface area contributed by atoms with Crippen molar-refractivity contribution in [1.29, 1.82) is 0 Å². The number of ether oxygens (including phenoxy) is 4. The number of rotatable bonds is 15. The van der Waals surface area contributed by atoms with Crippen molar-refractivity contribution >= 4 is 46.9 Å². The van der Waals surface area contributed by atoms with Crippen molar-refractivity contribution in [3.63, 3.8) is 0 Å². The summed E-state index contributed by atoms with van der Waals surface area (Å²) < 4.78 is 21.4. The summed E-state index contributed by atoms with van der Waals surface area (Å²) in [5, 5.41) is 3.39. The van der Waals surface area contributed by atoms with Crippen LogP contribution in [0.3, 0.4) is 0 Å². The maximum atomic E-state index is 12.7. The smallest absolute Gasteiger partial charge is 0.359 e. The average Bonchev–Trinajstić information content (AvgIpc) is 3.03. The topological polar surface area (TPSA) is 100 Å². The van der Waals surface area contributed by atoms with E-state index in [1.807, 2.05) is 72.8 Å². The van der Waals surface area contributed by atoms with E-state index in [9.17, 15) is 14.4 Å². The molecule has 1 amide bonds. The maximum absolute atomic E-state index is 12.7. The third-order valence-electron chi connectivity index (χ3n) is 6.31. The van der Waals surface area contributed by atoms with Crippen molar-refractivity contribution in [2.45, 2.75) is 49.2 Å². The predicted molar refractivity (Wildman–Crippen MR) is 174 cm³/mol. The summed E-state index contributed by atoms with van der Waals surface area (Å²) in [5.41, 5.74) is 2.39. The van der Waals surface area contributed by atoms with Crippen molar-refractivity contribution < 1.29 is 33.3 Å². The highest BCUT2D eigenvalue weighted by molar-refractivity contribution is 7.99. The number of hydrogen-bond donors (Lipinski definition) is 1. The van der Waals surface area contributed by atoms with Crippen LogP contribution in [0.15, 0.2) is 107 Å². The largest absolute Gasteiger partial charge is 0.489 e. The van der Waals surface area contributed by atoms with E-state index >= 15 is 0 Å². The standard InChI is InChI=1S/C35H34ClNO7S/c1-3-41-34(39)33(35(40)42-4-2)44-28-14-8-12-26(20-28)37-32(38)19-17-25-16-18-30(22-31(25)36)45-29-15-9-13-27(21-29)43-23-24-10-6-5-7-11-24/h5-16,18,20-22,33H,3-4,17,19,23H2,1-2H3,(H,37,38). The lowest BCUT2D eigenvalue weighted by Gasteiger charge is -2.17. The van der Waals surface area contributed by atoms with Gasteiger partial charge < -0.3 is 24.3 Å². The maximum Gasteiger partial charge on any atom is 0.359 e. The zero-order chi connectivity index (χ0) is 32.0. The second kappa shape index (κ2) is 17.1. The molecule has 0 saturated carbocycles. The number of carbonyl (C=O) groups is 3. The number of aryl methyl sites for hydroxylation is 1. The van der Waals surface area contributed by atoms with Gasteiger partial charge in [-0.1, -0.05) is 71.9 Å². The molecule has 0 atom stereocenters. The van der Waals surface area contributed by atoms with E-state index in [0.717, 1.165) is 26.7 Å². The summed E-state index contributed by atoms with van der Waals surface area (Å²) in [5.74, 6) is -0.960. The van der Waals surface area contributed by atoms with Crippen LogP contribution in [0.25, 0.3) is 0 Å². The number of carbonyl (C=O) groups excluding carboxylic acids is 3. The number of hydrogen-bond acceptors (Lipinski definition) is 8. The van der Waals surface area contributed by atoms with Crippen LogP contribution in [0.1, 0.15) is 31.4 Å². The molecule has 0 fully saturated rings. The number of esters is 2. The quantitative estimate of drug-likeness (QED) is 0.105. The lowest BCUT2D eigenvalue weighted by molar-refractivity contribution is -0.166. The van der Waals surface area contributed by atoms with Gasteiger partial charge in [0, 0.05) is 33.0 Å². The van der Waals surface area contributed by atoms with E-state index in [4.69, 9.17) is 30.5 Å². The molecule has 10 heteroatoms. The Morgan fingerprint density at radius 2 is 1.47 bits per heavy atom. The van der Waals surface area contributed by atoms with Gasteiger partial charge in [-0.3, -0.25) is 4.79 Å². The van der Waals surface area contributed by atoms with Crippen LogP contribution in [0.5, 0.6) is 11.5 Å². The van der Waals surface area contributed by atoms with Crippen molar-refractivity contribution in [2.75, 3.05) is 18.5 Å². The molecule has 45 heavy (non-hydrogen) atoms. The number of nitrogens with one attached hydrogen (secondary N) is 1. The first-order valence-corrected chi connectivity index (χ1v) is 15.7. The minimum absolute atomic E-state index is 0.0820. The lowest BCUT2D eigenvalue weighted by atomic mass is 10.1. The fourth-order valence-electron chi connectivity index (χ4n) is 4.18. The van der Waals surface area contributed by atoms with Crippen LogP contribution in [-0.4, -0.2) is 37.2 Å². The van der Waals surface area contributed by atoms with Crippen LogP contribution in [0, 0.1) is 0 Å². The number of anilines is 1. The van der Waals surface area contributed by atoms with Gasteiger partial charge >= 0.3 is 11.9 Å². The van der Waals surface area contributed by atoms with Crippen LogP contribution in [0.2, 0.25) is 5.02 Å². The minimum atomic E-state index is -1.57. The number of benzene rings is 4. The van der Waals surface area contributed by atoms with E-state index in [2.05, 4.69) is 5.32 Å². The summed E-state index contributed by atoms with van der Waals surface area (Å²) in [7, 11) is 0.